The first-order valence-corrected chi connectivity index (χ1v) is 14.7. The Labute approximate surface area is 226 Å². The molecule has 0 fully saturated rings. The summed E-state index contributed by atoms with van der Waals surface area (Å²) in [7, 11) is -2.65. The summed E-state index contributed by atoms with van der Waals surface area (Å²) in [6.07, 6.45) is -0.547. The molecule has 0 unspecified atom stereocenters. The van der Waals surface area contributed by atoms with E-state index in [9.17, 15) is 4.79 Å². The van der Waals surface area contributed by atoms with Gasteiger partial charge in [0.05, 0.1) is 6.61 Å². The first-order chi connectivity index (χ1) is 17.6. The molecule has 7 heteroatoms. The molecule has 0 aliphatic rings. The van der Waals surface area contributed by atoms with E-state index in [1.165, 1.54) is 11.8 Å². The Hall–Kier alpha value is -2.75. The van der Waals surface area contributed by atoms with Gasteiger partial charge >= 0.3 is 6.09 Å². The van der Waals surface area contributed by atoms with E-state index >= 15 is 0 Å². The van der Waals surface area contributed by atoms with Crippen LogP contribution in [0.5, 0.6) is 0 Å². The summed E-state index contributed by atoms with van der Waals surface area (Å²) in [5, 5.41) is 6.90. The Balaban J connectivity index is 2.05. The van der Waals surface area contributed by atoms with Crippen LogP contribution in [-0.4, -0.2) is 12.7 Å². The number of halogens is 2. The number of ether oxygens (including phenoxy) is 1. The highest BCUT2D eigenvalue weighted by Crippen LogP contribution is 2.63. The average molecular weight is 553 g/mol. The van der Waals surface area contributed by atoms with Gasteiger partial charge in [0.15, 0.2) is 7.26 Å². The molecule has 0 atom stereocenters. The van der Waals surface area contributed by atoms with Crippen molar-refractivity contribution in [2.75, 3.05) is 6.61 Å². The maximum absolute atomic E-state index is 13.0. The fraction of sp³-hybridized carbons (Fsp3) is 0.0690. The molecule has 0 aliphatic heterocycles. The third-order valence-corrected chi connectivity index (χ3v) is 11.5. The maximum Gasteiger partial charge on any atom is 0.414 e. The Morgan fingerprint density at radius 3 is 1.64 bits per heavy atom. The molecular weight excluding hydrogens is 528 g/mol. The number of hydrogen-bond acceptors (Lipinski definition) is 3. The van der Waals surface area contributed by atoms with Gasteiger partial charge in [-0.2, -0.15) is 0 Å². The largest absolute Gasteiger partial charge is 0.450 e. The van der Waals surface area contributed by atoms with Crippen molar-refractivity contribution in [2.24, 2.45) is 0 Å². The summed E-state index contributed by atoms with van der Waals surface area (Å²) in [6.45, 7) is 2.02. The van der Waals surface area contributed by atoms with Crippen LogP contribution >= 0.6 is 42.2 Å². The lowest BCUT2D eigenvalue weighted by molar-refractivity contribution is 0.156. The molecule has 0 saturated carbocycles. The van der Waals surface area contributed by atoms with E-state index in [0.29, 0.717) is 14.8 Å². The predicted octanol–water partition coefficient (Wildman–Crippen LogP) is 7.54. The quantitative estimate of drug-likeness (QED) is 0.181. The van der Waals surface area contributed by atoms with Crippen LogP contribution in [0.25, 0.3) is 0 Å². The Morgan fingerprint density at radius 1 is 0.778 bits per heavy atom. The van der Waals surface area contributed by atoms with Gasteiger partial charge in [-0.05, 0) is 67.6 Å². The van der Waals surface area contributed by atoms with Gasteiger partial charge in [-0.3, -0.25) is 5.32 Å². The van der Waals surface area contributed by atoms with Crippen LogP contribution in [0, 0.1) is 0 Å². The van der Waals surface area contributed by atoms with Gasteiger partial charge in [0.2, 0.25) is 5.44 Å². The molecule has 4 aromatic carbocycles. The number of hydrogen-bond donors (Lipinski definition) is 1. The second kappa shape index (κ2) is 12.5. The van der Waals surface area contributed by atoms with Crippen LogP contribution in [0.2, 0.25) is 5.02 Å². The molecule has 4 rings (SSSR count). The van der Waals surface area contributed by atoms with E-state index in [1.54, 1.807) is 6.92 Å². The van der Waals surface area contributed by atoms with E-state index in [-0.39, 0.29) is 6.61 Å². The van der Waals surface area contributed by atoms with E-state index in [0.717, 1.165) is 20.8 Å². The molecule has 1 amide bonds. The summed E-state index contributed by atoms with van der Waals surface area (Å²) in [4.78, 5) is 13.9. The maximum atomic E-state index is 13.0. The highest BCUT2D eigenvalue weighted by molar-refractivity contribution is 8.06. The van der Waals surface area contributed by atoms with Gasteiger partial charge in [0.1, 0.15) is 20.3 Å². The number of carbonyl (C=O) groups is 1. The zero-order valence-corrected chi connectivity index (χ0v) is 22.8. The Morgan fingerprint density at radius 2 is 1.22 bits per heavy atom. The van der Waals surface area contributed by atoms with Gasteiger partial charge in [-0.25, -0.2) is 4.79 Å². The van der Waals surface area contributed by atoms with Crippen LogP contribution in [0.3, 0.4) is 0 Å². The van der Waals surface area contributed by atoms with Crippen molar-refractivity contribution in [3.8, 4) is 0 Å². The van der Waals surface area contributed by atoms with E-state index < -0.39 is 13.4 Å². The molecule has 36 heavy (non-hydrogen) atoms. The van der Waals surface area contributed by atoms with Crippen molar-refractivity contribution in [1.82, 2.24) is 5.32 Å². The minimum atomic E-state index is -2.65. The molecular formula is C29H25Cl2NO2PS+. The molecule has 1 N–H and O–H groups in total. The zero-order chi connectivity index (χ0) is 25.4. The molecule has 0 heterocycles. The van der Waals surface area contributed by atoms with Gasteiger partial charge < -0.3 is 4.74 Å². The van der Waals surface area contributed by atoms with Crippen LogP contribution in [0.15, 0.2) is 130 Å². The fourth-order valence-corrected chi connectivity index (χ4v) is 10.0. The summed E-state index contributed by atoms with van der Waals surface area (Å²) in [5.41, 5.74) is 0.617. The van der Waals surface area contributed by atoms with E-state index in [1.807, 2.05) is 78.9 Å². The number of rotatable bonds is 8. The van der Waals surface area contributed by atoms with Gasteiger partial charge in [-0.1, -0.05) is 89.6 Å². The number of alkyl carbamates (subject to hydrolysis) is 1. The lowest BCUT2D eigenvalue weighted by atomic mass is 10.4. The second-order valence-corrected chi connectivity index (χ2v) is 13.2. The molecule has 4 aromatic rings. The number of amides is 1. The van der Waals surface area contributed by atoms with E-state index in [2.05, 4.69) is 41.7 Å². The first-order valence-electron chi connectivity index (χ1n) is 11.4. The summed E-state index contributed by atoms with van der Waals surface area (Å²) in [5.74, 6) is 0. The van der Waals surface area contributed by atoms with E-state index in [4.69, 9.17) is 27.9 Å². The molecule has 0 saturated heterocycles. The van der Waals surface area contributed by atoms with Crippen molar-refractivity contribution in [3.05, 3.63) is 130 Å². The van der Waals surface area contributed by atoms with Gasteiger partial charge in [-0.15, -0.1) is 0 Å². The number of nitrogens with one attached hydrogen (secondary N) is 1. The highest BCUT2D eigenvalue weighted by atomic mass is 35.5. The van der Waals surface area contributed by atoms with Crippen LogP contribution in [-0.2, 0) is 4.74 Å². The minimum Gasteiger partial charge on any atom is -0.450 e. The summed E-state index contributed by atoms with van der Waals surface area (Å²) < 4.78 is 5.79. The molecule has 0 radical (unpaired) electrons. The van der Waals surface area contributed by atoms with Crippen molar-refractivity contribution < 1.29 is 9.53 Å². The molecule has 0 spiro atoms. The lowest BCUT2D eigenvalue weighted by Gasteiger charge is -2.29. The fourth-order valence-electron chi connectivity index (χ4n) is 3.97. The standard InChI is InChI=1S/C29H24Cl2NO2PS/c1-2-34-29(33)32-28(27(31)36-26-20-18-22(30)19-21-26)35(23-12-6-3-7-13-23,24-14-8-4-9-15-24)25-16-10-5-11-17-25/h3-21H,2H2,1H3/p+1/b28-27-. The number of carbonyl (C=O) groups excluding carboxylic acids is 1. The summed E-state index contributed by atoms with van der Waals surface area (Å²) in [6, 6.07) is 38.1. The molecule has 0 bridgehead atoms. The van der Waals surface area contributed by atoms with Crippen LogP contribution in [0.4, 0.5) is 4.79 Å². The molecule has 0 aliphatic carbocycles. The first kappa shape index (κ1) is 26.3. The normalized spacial score (nSPS) is 12.0. The topological polar surface area (TPSA) is 38.3 Å². The van der Waals surface area contributed by atoms with Gasteiger partial charge in [0, 0.05) is 9.92 Å². The Kier molecular flexibility index (Phi) is 9.12. The monoisotopic (exact) mass is 552 g/mol. The minimum absolute atomic E-state index is 0.245. The lowest BCUT2D eigenvalue weighted by Crippen LogP contribution is -2.38. The third-order valence-electron chi connectivity index (χ3n) is 5.47. The van der Waals surface area contributed by atoms with Gasteiger partial charge in [0.25, 0.3) is 0 Å². The van der Waals surface area contributed by atoms with Crippen LogP contribution < -0.4 is 21.2 Å². The number of thioether (sulfide) groups is 1. The average Bonchev–Trinajstić information content (AvgIpc) is 2.92. The smallest absolute Gasteiger partial charge is 0.414 e. The highest BCUT2D eigenvalue weighted by Gasteiger charge is 2.52. The summed E-state index contributed by atoms with van der Waals surface area (Å²) >= 11 is 14.6. The van der Waals surface area contributed by atoms with Crippen LogP contribution in [0.1, 0.15) is 6.92 Å². The second-order valence-electron chi connectivity index (χ2n) is 7.70. The Bertz CT molecular complexity index is 1220. The van der Waals surface area contributed by atoms with Crippen molar-refractivity contribution in [1.29, 1.82) is 0 Å². The van der Waals surface area contributed by atoms with Crippen molar-refractivity contribution in [3.63, 3.8) is 0 Å². The number of benzene rings is 4. The van der Waals surface area contributed by atoms with Crippen molar-refractivity contribution >= 4 is 64.2 Å². The zero-order valence-electron chi connectivity index (χ0n) is 19.6. The third kappa shape index (κ3) is 5.79. The SMILES string of the molecule is CCOC(=O)N/C(=C(\Cl)Sc1ccc(Cl)cc1)[P+](c1ccccc1)(c1ccccc1)c1ccccc1. The predicted molar refractivity (Wildman–Crippen MR) is 155 cm³/mol. The molecule has 3 nitrogen and oxygen atoms in total. The van der Waals surface area contributed by atoms with Crippen molar-refractivity contribution in [2.45, 2.75) is 11.8 Å². The molecule has 182 valence electrons. The molecule has 0 aromatic heterocycles.